The number of hydrogen-bond donors (Lipinski definition) is 1. The van der Waals surface area contributed by atoms with Crippen LogP contribution in [0.15, 0.2) is 89.2 Å². The van der Waals surface area contributed by atoms with E-state index in [9.17, 15) is 0 Å². The van der Waals surface area contributed by atoms with Crippen molar-refractivity contribution in [2.24, 2.45) is 0 Å². The maximum atomic E-state index is 4.54. The summed E-state index contributed by atoms with van der Waals surface area (Å²) in [6.07, 6.45) is 6.16. The topological polar surface area (TPSA) is 50.7 Å². The molecule has 0 aliphatic carbocycles. The summed E-state index contributed by atoms with van der Waals surface area (Å²) in [5.74, 6) is 0.820. The van der Waals surface area contributed by atoms with E-state index in [4.69, 9.17) is 0 Å². The van der Waals surface area contributed by atoms with Gasteiger partial charge in [-0.2, -0.15) is 0 Å². The molecule has 3 aromatic heterocycles. The Morgan fingerprint density at radius 3 is 2.33 bits per heavy atom. The number of nitrogens with zero attached hydrogens (tertiary/aromatic N) is 3. The Morgan fingerprint density at radius 2 is 1.57 bits per heavy atom. The lowest BCUT2D eigenvalue weighted by Crippen LogP contribution is -1.96. The van der Waals surface area contributed by atoms with Gasteiger partial charge in [0.2, 0.25) is 0 Å². The Bertz CT molecular complexity index is 1280. The Labute approximate surface area is 186 Å². The van der Waals surface area contributed by atoms with Crippen LogP contribution in [0, 0.1) is 0 Å². The second kappa shape index (κ2) is 8.34. The first-order valence-electron chi connectivity index (χ1n) is 9.49. The molecule has 5 aromatic rings. The summed E-state index contributed by atoms with van der Waals surface area (Å²) < 4.78 is 1.06. The number of thiophene rings is 1. The van der Waals surface area contributed by atoms with Crippen LogP contribution in [0.25, 0.3) is 21.3 Å². The van der Waals surface area contributed by atoms with Gasteiger partial charge in [-0.05, 0) is 59.5 Å². The molecule has 0 radical (unpaired) electrons. The fourth-order valence-electron chi connectivity index (χ4n) is 3.39. The van der Waals surface area contributed by atoms with Crippen molar-refractivity contribution in [2.45, 2.75) is 6.42 Å². The van der Waals surface area contributed by atoms with Crippen molar-refractivity contribution in [2.75, 3.05) is 5.32 Å². The predicted molar refractivity (Wildman–Crippen MR) is 127 cm³/mol. The van der Waals surface area contributed by atoms with Crippen molar-refractivity contribution >= 4 is 49.0 Å². The van der Waals surface area contributed by atoms with Crippen molar-refractivity contribution < 1.29 is 0 Å². The summed E-state index contributed by atoms with van der Waals surface area (Å²) in [6, 6.07) is 20.9. The van der Waals surface area contributed by atoms with E-state index in [2.05, 4.69) is 90.1 Å². The van der Waals surface area contributed by atoms with E-state index in [0.29, 0.717) is 0 Å². The van der Waals surface area contributed by atoms with Crippen molar-refractivity contribution in [3.05, 3.63) is 100 Å². The summed E-state index contributed by atoms with van der Waals surface area (Å²) in [7, 11) is 0. The molecular weight excluding hydrogens is 456 g/mol. The van der Waals surface area contributed by atoms with E-state index in [0.717, 1.165) is 43.7 Å². The summed E-state index contributed by atoms with van der Waals surface area (Å²) in [5, 5.41) is 6.67. The van der Waals surface area contributed by atoms with E-state index in [1.54, 1.807) is 17.7 Å². The fraction of sp³-hybridized carbons (Fsp3) is 0.0417. The SMILES string of the molecule is Brc1ccc(-c2csc3ncnc(Nc4ccc(Cc5ccncc5)cc4)c23)cc1. The molecule has 0 fully saturated rings. The number of anilines is 2. The van der Waals surface area contributed by atoms with Crippen LogP contribution in [0.1, 0.15) is 11.1 Å². The molecule has 0 atom stereocenters. The molecule has 2 aromatic carbocycles. The molecule has 0 saturated carbocycles. The molecule has 0 aliphatic rings. The van der Waals surface area contributed by atoms with Crippen molar-refractivity contribution in [3.63, 3.8) is 0 Å². The van der Waals surface area contributed by atoms with Crippen LogP contribution in [0.4, 0.5) is 11.5 Å². The summed E-state index contributed by atoms with van der Waals surface area (Å²) >= 11 is 5.14. The quantitative estimate of drug-likeness (QED) is 0.303. The zero-order valence-electron chi connectivity index (χ0n) is 15.9. The summed E-state index contributed by atoms with van der Waals surface area (Å²) in [5.41, 5.74) is 5.79. The monoisotopic (exact) mass is 472 g/mol. The first-order chi connectivity index (χ1) is 14.8. The highest BCUT2D eigenvalue weighted by Gasteiger charge is 2.13. The van der Waals surface area contributed by atoms with Crippen molar-refractivity contribution in [3.8, 4) is 11.1 Å². The molecule has 6 heteroatoms. The number of fused-ring (bicyclic) bond motifs is 1. The van der Waals surface area contributed by atoms with E-state index < -0.39 is 0 Å². The van der Waals surface area contributed by atoms with Gasteiger partial charge in [-0.15, -0.1) is 11.3 Å². The number of pyridine rings is 1. The molecule has 3 heterocycles. The third-order valence-corrected chi connectivity index (χ3v) is 6.31. The van der Waals surface area contributed by atoms with Crippen LogP contribution in [-0.4, -0.2) is 15.0 Å². The van der Waals surface area contributed by atoms with Gasteiger partial charge >= 0.3 is 0 Å². The highest BCUT2D eigenvalue weighted by atomic mass is 79.9. The van der Waals surface area contributed by atoms with E-state index >= 15 is 0 Å². The first-order valence-corrected chi connectivity index (χ1v) is 11.2. The van der Waals surface area contributed by atoms with Gasteiger partial charge in [0.1, 0.15) is 17.0 Å². The van der Waals surface area contributed by atoms with Gasteiger partial charge in [-0.1, -0.05) is 40.2 Å². The maximum absolute atomic E-state index is 4.54. The summed E-state index contributed by atoms with van der Waals surface area (Å²) in [4.78, 5) is 14.0. The first kappa shape index (κ1) is 18.9. The maximum Gasteiger partial charge on any atom is 0.143 e. The van der Waals surface area contributed by atoms with Gasteiger partial charge < -0.3 is 5.32 Å². The third-order valence-electron chi connectivity index (χ3n) is 4.90. The minimum absolute atomic E-state index is 0.820. The van der Waals surface area contributed by atoms with E-state index in [1.165, 1.54) is 11.1 Å². The van der Waals surface area contributed by atoms with Gasteiger partial charge in [0.05, 0.1) is 5.39 Å². The summed E-state index contributed by atoms with van der Waals surface area (Å²) in [6.45, 7) is 0. The average Bonchev–Trinajstić information content (AvgIpc) is 3.22. The fourth-order valence-corrected chi connectivity index (χ4v) is 4.57. The van der Waals surface area contributed by atoms with Gasteiger partial charge in [-0.25, -0.2) is 9.97 Å². The molecule has 0 spiro atoms. The highest BCUT2D eigenvalue weighted by molar-refractivity contribution is 9.10. The number of aromatic nitrogens is 3. The molecule has 1 N–H and O–H groups in total. The van der Waals surface area contributed by atoms with E-state index in [1.807, 2.05) is 24.5 Å². The molecule has 0 unspecified atom stereocenters. The zero-order chi connectivity index (χ0) is 20.3. The van der Waals surface area contributed by atoms with Crippen molar-refractivity contribution in [1.29, 1.82) is 0 Å². The Kier molecular flexibility index (Phi) is 5.26. The van der Waals surface area contributed by atoms with Crippen molar-refractivity contribution in [1.82, 2.24) is 15.0 Å². The lowest BCUT2D eigenvalue weighted by Gasteiger charge is -2.10. The minimum Gasteiger partial charge on any atom is -0.340 e. The lowest BCUT2D eigenvalue weighted by molar-refractivity contribution is 1.16. The number of nitrogens with one attached hydrogen (secondary N) is 1. The smallest absolute Gasteiger partial charge is 0.143 e. The number of hydrogen-bond acceptors (Lipinski definition) is 5. The Morgan fingerprint density at radius 1 is 0.833 bits per heavy atom. The van der Waals surface area contributed by atoms with Crippen LogP contribution in [0.5, 0.6) is 0 Å². The third kappa shape index (κ3) is 3.97. The Balaban J connectivity index is 1.44. The molecule has 146 valence electrons. The second-order valence-electron chi connectivity index (χ2n) is 6.91. The molecule has 5 rings (SSSR count). The van der Waals surface area contributed by atoms with Gasteiger partial charge in [0.25, 0.3) is 0 Å². The van der Waals surface area contributed by atoms with Crippen LogP contribution in [0.3, 0.4) is 0 Å². The van der Waals surface area contributed by atoms with Gasteiger partial charge in [0, 0.05) is 33.5 Å². The Hall–Kier alpha value is -3.09. The van der Waals surface area contributed by atoms with Crippen LogP contribution >= 0.6 is 27.3 Å². The van der Waals surface area contributed by atoms with Gasteiger partial charge in [0.15, 0.2) is 0 Å². The predicted octanol–water partition coefficient (Wildman–Crippen LogP) is 6.85. The number of rotatable bonds is 5. The molecular formula is C24H17BrN4S. The average molecular weight is 473 g/mol. The number of halogens is 1. The van der Waals surface area contributed by atoms with Crippen LogP contribution in [0.2, 0.25) is 0 Å². The highest BCUT2D eigenvalue weighted by Crippen LogP contribution is 2.37. The van der Waals surface area contributed by atoms with E-state index in [-0.39, 0.29) is 0 Å². The molecule has 0 aliphatic heterocycles. The molecule has 4 nitrogen and oxygen atoms in total. The zero-order valence-corrected chi connectivity index (χ0v) is 18.3. The lowest BCUT2D eigenvalue weighted by atomic mass is 10.1. The molecule has 0 saturated heterocycles. The largest absolute Gasteiger partial charge is 0.340 e. The van der Waals surface area contributed by atoms with Crippen LogP contribution in [-0.2, 0) is 6.42 Å². The number of benzene rings is 2. The normalized spacial score (nSPS) is 11.0. The standard InChI is InChI=1S/C24H17BrN4S/c25-19-5-3-18(4-6-19)21-14-30-24-22(21)23(27-15-28-24)29-20-7-1-16(2-8-20)13-17-9-11-26-12-10-17/h1-12,14-15H,13H2,(H,27,28,29). The molecule has 30 heavy (non-hydrogen) atoms. The minimum atomic E-state index is 0.820. The molecule has 0 amide bonds. The van der Waals surface area contributed by atoms with Crippen LogP contribution < -0.4 is 5.32 Å². The second-order valence-corrected chi connectivity index (χ2v) is 8.69. The van der Waals surface area contributed by atoms with Gasteiger partial charge in [-0.3, -0.25) is 4.98 Å². The molecule has 0 bridgehead atoms.